The highest BCUT2D eigenvalue weighted by Crippen LogP contribution is 2.18. The molecule has 0 aromatic carbocycles. The van der Waals surface area contributed by atoms with Crippen molar-refractivity contribution >= 4 is 0 Å². The number of rotatable bonds is 5. The lowest BCUT2D eigenvalue weighted by Crippen LogP contribution is -2.33. The first kappa shape index (κ1) is 15.0. The summed E-state index contributed by atoms with van der Waals surface area (Å²) in [5.74, 6) is 0. The maximum Gasteiger partial charge on any atom is 0.00797 e. The molecule has 1 N–H and O–H groups in total. The molecule has 0 bridgehead atoms. The lowest BCUT2D eigenvalue weighted by Gasteiger charge is -2.22. The molecule has 0 saturated carbocycles. The van der Waals surface area contributed by atoms with Gasteiger partial charge in [0.1, 0.15) is 0 Å². The Bertz CT molecular complexity index is 196. The van der Waals surface area contributed by atoms with E-state index in [1.165, 1.54) is 58.3 Å². The van der Waals surface area contributed by atoms with Gasteiger partial charge in [-0.25, -0.2) is 0 Å². The minimum Gasteiger partial charge on any atom is -0.314 e. The highest BCUT2D eigenvalue weighted by Gasteiger charge is 2.17. The summed E-state index contributed by atoms with van der Waals surface area (Å²) in [6, 6.07) is 0.763. The fraction of sp³-hybridized carbons (Fsp3) is 1.00. The number of nitrogens with one attached hydrogen (secondary N) is 1. The van der Waals surface area contributed by atoms with E-state index in [2.05, 4.69) is 37.9 Å². The maximum atomic E-state index is 3.75. The summed E-state index contributed by atoms with van der Waals surface area (Å²) in [6.07, 6.45) is 6.64. The predicted molar refractivity (Wildman–Crippen MR) is 76.4 cm³/mol. The second-order valence-electron chi connectivity index (χ2n) is 6.73. The Kier molecular flexibility index (Phi) is 6.50. The van der Waals surface area contributed by atoms with E-state index in [0.29, 0.717) is 5.41 Å². The highest BCUT2D eigenvalue weighted by atomic mass is 15.1. The van der Waals surface area contributed by atoms with E-state index in [1.54, 1.807) is 0 Å². The summed E-state index contributed by atoms with van der Waals surface area (Å²) < 4.78 is 0. The van der Waals surface area contributed by atoms with Crippen LogP contribution in [0.4, 0.5) is 0 Å². The molecule has 0 radical (unpaired) electrons. The SMILES string of the molecule is CCCN1CCCC(NCCC(C)(C)C)CC1. The van der Waals surface area contributed by atoms with E-state index in [0.717, 1.165) is 6.04 Å². The van der Waals surface area contributed by atoms with E-state index >= 15 is 0 Å². The minimum absolute atomic E-state index is 0.464. The van der Waals surface area contributed by atoms with Gasteiger partial charge in [-0.3, -0.25) is 0 Å². The van der Waals surface area contributed by atoms with Crippen molar-refractivity contribution in [3.8, 4) is 0 Å². The first-order chi connectivity index (χ1) is 8.01. The second kappa shape index (κ2) is 7.38. The van der Waals surface area contributed by atoms with Gasteiger partial charge in [0.2, 0.25) is 0 Å². The molecule has 1 aliphatic rings. The number of hydrogen-bond donors (Lipinski definition) is 1. The van der Waals surface area contributed by atoms with Crippen LogP contribution in [-0.2, 0) is 0 Å². The van der Waals surface area contributed by atoms with Crippen molar-refractivity contribution in [3.05, 3.63) is 0 Å². The van der Waals surface area contributed by atoms with Crippen molar-refractivity contribution in [2.45, 2.75) is 65.8 Å². The zero-order chi connectivity index (χ0) is 12.7. The molecule has 0 spiro atoms. The Labute approximate surface area is 108 Å². The molecule has 1 aliphatic heterocycles. The largest absolute Gasteiger partial charge is 0.314 e. The van der Waals surface area contributed by atoms with Gasteiger partial charge in [0, 0.05) is 6.04 Å². The third-order valence-corrected chi connectivity index (χ3v) is 3.67. The topological polar surface area (TPSA) is 15.3 Å². The molecule has 2 heteroatoms. The van der Waals surface area contributed by atoms with Crippen LogP contribution in [0.5, 0.6) is 0 Å². The summed E-state index contributed by atoms with van der Waals surface area (Å²) in [5.41, 5.74) is 0.464. The van der Waals surface area contributed by atoms with Crippen LogP contribution in [0.1, 0.15) is 59.8 Å². The van der Waals surface area contributed by atoms with Crippen LogP contribution in [0, 0.1) is 5.41 Å². The molecule has 1 saturated heterocycles. The van der Waals surface area contributed by atoms with E-state index < -0.39 is 0 Å². The van der Waals surface area contributed by atoms with Crippen LogP contribution in [-0.4, -0.2) is 37.1 Å². The van der Waals surface area contributed by atoms with Gasteiger partial charge in [-0.15, -0.1) is 0 Å². The Morgan fingerprint density at radius 3 is 2.59 bits per heavy atom. The van der Waals surface area contributed by atoms with Crippen molar-refractivity contribution in [2.24, 2.45) is 5.41 Å². The van der Waals surface area contributed by atoms with Gasteiger partial charge in [0.05, 0.1) is 0 Å². The average Bonchev–Trinajstić information content (AvgIpc) is 2.43. The quantitative estimate of drug-likeness (QED) is 0.793. The van der Waals surface area contributed by atoms with Gasteiger partial charge >= 0.3 is 0 Å². The molecule has 1 rings (SSSR count). The fourth-order valence-electron chi connectivity index (χ4n) is 2.55. The molecule has 0 aromatic heterocycles. The first-order valence-corrected chi connectivity index (χ1v) is 7.47. The monoisotopic (exact) mass is 240 g/mol. The zero-order valence-corrected chi connectivity index (χ0v) is 12.4. The molecule has 0 aliphatic carbocycles. The molecule has 1 heterocycles. The Balaban J connectivity index is 2.18. The van der Waals surface area contributed by atoms with Gasteiger partial charge < -0.3 is 10.2 Å². The van der Waals surface area contributed by atoms with Crippen molar-refractivity contribution in [2.75, 3.05) is 26.2 Å². The Hall–Kier alpha value is -0.0800. The molecule has 0 amide bonds. The van der Waals surface area contributed by atoms with Crippen molar-refractivity contribution in [3.63, 3.8) is 0 Å². The van der Waals surface area contributed by atoms with E-state index in [-0.39, 0.29) is 0 Å². The van der Waals surface area contributed by atoms with Crippen LogP contribution < -0.4 is 5.32 Å². The third-order valence-electron chi connectivity index (χ3n) is 3.67. The maximum absolute atomic E-state index is 3.75. The predicted octanol–water partition coefficient (Wildman–Crippen LogP) is 3.28. The van der Waals surface area contributed by atoms with Crippen LogP contribution in [0.15, 0.2) is 0 Å². The summed E-state index contributed by atoms with van der Waals surface area (Å²) in [5, 5.41) is 3.75. The molecule has 0 aromatic rings. The molecule has 102 valence electrons. The summed E-state index contributed by atoms with van der Waals surface area (Å²) >= 11 is 0. The Morgan fingerprint density at radius 2 is 1.94 bits per heavy atom. The van der Waals surface area contributed by atoms with Crippen molar-refractivity contribution < 1.29 is 0 Å². The Morgan fingerprint density at radius 1 is 1.18 bits per heavy atom. The van der Waals surface area contributed by atoms with E-state index in [1.807, 2.05) is 0 Å². The van der Waals surface area contributed by atoms with Crippen LogP contribution in [0.2, 0.25) is 0 Å². The minimum atomic E-state index is 0.464. The lowest BCUT2D eigenvalue weighted by atomic mass is 9.92. The molecule has 2 nitrogen and oxygen atoms in total. The number of likely N-dealkylation sites (tertiary alicyclic amines) is 1. The normalized spacial score (nSPS) is 23.6. The summed E-state index contributed by atoms with van der Waals surface area (Å²) in [4.78, 5) is 2.63. The molecule has 1 fully saturated rings. The van der Waals surface area contributed by atoms with Gasteiger partial charge in [-0.05, 0) is 63.7 Å². The van der Waals surface area contributed by atoms with E-state index in [4.69, 9.17) is 0 Å². The van der Waals surface area contributed by atoms with Crippen LogP contribution >= 0.6 is 0 Å². The van der Waals surface area contributed by atoms with E-state index in [9.17, 15) is 0 Å². The molecule has 1 atom stereocenters. The molecule has 17 heavy (non-hydrogen) atoms. The summed E-state index contributed by atoms with van der Waals surface area (Å²) in [6.45, 7) is 14.3. The molecular formula is C15H32N2. The zero-order valence-electron chi connectivity index (χ0n) is 12.4. The first-order valence-electron chi connectivity index (χ1n) is 7.47. The smallest absolute Gasteiger partial charge is 0.00797 e. The standard InChI is InChI=1S/C15H32N2/c1-5-11-17-12-6-7-14(8-13-17)16-10-9-15(2,3)4/h14,16H,5-13H2,1-4H3. The third kappa shape index (κ3) is 7.05. The van der Waals surface area contributed by atoms with Gasteiger partial charge in [-0.1, -0.05) is 27.7 Å². The van der Waals surface area contributed by atoms with Gasteiger partial charge in [0.25, 0.3) is 0 Å². The number of nitrogens with zero attached hydrogens (tertiary/aromatic N) is 1. The fourth-order valence-corrected chi connectivity index (χ4v) is 2.55. The van der Waals surface area contributed by atoms with Gasteiger partial charge in [-0.2, -0.15) is 0 Å². The molecular weight excluding hydrogens is 208 g/mol. The average molecular weight is 240 g/mol. The van der Waals surface area contributed by atoms with Crippen molar-refractivity contribution in [1.29, 1.82) is 0 Å². The molecule has 1 unspecified atom stereocenters. The number of hydrogen-bond acceptors (Lipinski definition) is 2. The van der Waals surface area contributed by atoms with Crippen molar-refractivity contribution in [1.82, 2.24) is 10.2 Å². The second-order valence-corrected chi connectivity index (χ2v) is 6.73. The van der Waals surface area contributed by atoms with Gasteiger partial charge in [0.15, 0.2) is 0 Å². The highest BCUT2D eigenvalue weighted by molar-refractivity contribution is 4.75. The van der Waals surface area contributed by atoms with Crippen LogP contribution in [0.25, 0.3) is 0 Å². The summed E-state index contributed by atoms with van der Waals surface area (Å²) in [7, 11) is 0. The lowest BCUT2D eigenvalue weighted by molar-refractivity contribution is 0.281. The van der Waals surface area contributed by atoms with Crippen LogP contribution in [0.3, 0.4) is 0 Å².